The zero-order valence-electron chi connectivity index (χ0n) is 6.74. The van der Waals surface area contributed by atoms with Crippen LogP contribution in [0.25, 0.3) is 1.43 Å². The number of carbonyl (C=O) groups excluding carboxylic acids is 1. The van der Waals surface area contributed by atoms with E-state index in [0.29, 0.717) is 0 Å². The van der Waals surface area contributed by atoms with Gasteiger partial charge in [-0.3, -0.25) is 0 Å². The number of carboxylic acid groups (broad SMARTS) is 1. The summed E-state index contributed by atoms with van der Waals surface area (Å²) in [6, 6.07) is 0. The van der Waals surface area contributed by atoms with Crippen molar-refractivity contribution >= 4 is 12.1 Å². The Morgan fingerprint density at radius 2 is 2.18 bits per heavy atom. The molecule has 0 aliphatic carbocycles. The van der Waals surface area contributed by atoms with Gasteiger partial charge in [0, 0.05) is 6.08 Å². The summed E-state index contributed by atoms with van der Waals surface area (Å²) in [6.45, 7) is 2.93. The Morgan fingerprint density at radius 3 is 2.73 bits per heavy atom. The highest BCUT2D eigenvalue weighted by Gasteiger charge is 1.97. The Labute approximate surface area is 64.7 Å². The molecule has 0 spiro atoms. The predicted molar refractivity (Wildman–Crippen MR) is 35.1 cm³/mol. The molecule has 0 saturated carbocycles. The molecule has 0 aliphatic heterocycles. The Bertz CT molecular complexity index is 179. The van der Waals surface area contributed by atoms with Crippen molar-refractivity contribution in [3.05, 3.63) is 12.7 Å². The van der Waals surface area contributed by atoms with E-state index < -0.39 is 12.1 Å². The molecule has 1 N–H and O–H groups in total. The Balaban J connectivity index is 3.27. The summed E-state index contributed by atoms with van der Waals surface area (Å²) < 4.78 is 14.7. The quantitative estimate of drug-likeness (QED) is 0.368. The van der Waals surface area contributed by atoms with Gasteiger partial charge in [-0.2, -0.15) is 0 Å². The fraction of sp³-hybridized carbons (Fsp3) is 0.333. The average Bonchev–Trinajstić information content (AvgIpc) is 2.11. The van der Waals surface area contributed by atoms with Crippen LogP contribution in [0.4, 0.5) is 4.79 Å². The lowest BCUT2D eigenvalue weighted by Gasteiger charge is -1.99. The van der Waals surface area contributed by atoms with Crippen LogP contribution >= 0.6 is 0 Å². The molecule has 0 aromatic carbocycles. The topological polar surface area (TPSA) is 72.8 Å². The lowest BCUT2D eigenvalue weighted by atomic mass is 10.6. The van der Waals surface area contributed by atoms with Crippen LogP contribution in [0.1, 0.15) is 0 Å². The number of ether oxygens (including phenoxy) is 2. The first kappa shape index (κ1) is 7.59. The second-order valence-electron chi connectivity index (χ2n) is 1.47. The second kappa shape index (κ2) is 5.28. The normalized spacial score (nSPS) is 9.27. The largest absolute Gasteiger partial charge is 0.505 e. The molecule has 0 amide bonds. The summed E-state index contributed by atoms with van der Waals surface area (Å²) in [5, 5.41) is 3.41. The van der Waals surface area contributed by atoms with Crippen molar-refractivity contribution in [1.82, 2.24) is 0 Å². The van der Waals surface area contributed by atoms with Gasteiger partial charge < -0.3 is 14.6 Å². The van der Waals surface area contributed by atoms with Gasteiger partial charge in [0.15, 0.2) is 0 Å². The number of rotatable bonds is 4. The molecule has 0 aromatic heterocycles. The second-order valence-corrected chi connectivity index (χ2v) is 1.47. The van der Waals surface area contributed by atoms with E-state index in [1.165, 1.54) is 0 Å². The Morgan fingerprint density at radius 1 is 1.55 bits per heavy atom. The summed E-state index contributed by atoms with van der Waals surface area (Å²) in [7, 11) is 0. The highest BCUT2D eigenvalue weighted by atomic mass is 16.7. The molecule has 0 rings (SSSR count). The first-order valence-corrected chi connectivity index (χ1v) is 2.79. The van der Waals surface area contributed by atoms with E-state index in [1.54, 1.807) is 0 Å². The smallest absolute Gasteiger partial charge is 0.459 e. The van der Waals surface area contributed by atoms with Gasteiger partial charge in [0.2, 0.25) is 0 Å². The van der Waals surface area contributed by atoms with Crippen LogP contribution in [-0.4, -0.2) is 30.4 Å². The van der Waals surface area contributed by atoms with E-state index in [9.17, 15) is 9.59 Å². The van der Waals surface area contributed by atoms with Crippen LogP contribution in [0, 0.1) is 0 Å². The molecule has 5 heteroatoms. The molecule has 0 bridgehead atoms. The Kier molecular flexibility index (Phi) is 3.64. The third kappa shape index (κ3) is 6.36. The van der Waals surface area contributed by atoms with Crippen LogP contribution in [0.15, 0.2) is 12.7 Å². The van der Waals surface area contributed by atoms with Gasteiger partial charge in [-0.05, 0) is 0 Å². The monoisotopic (exact) mass is 162 g/mol. The minimum Gasteiger partial charge on any atom is -0.459 e. The van der Waals surface area contributed by atoms with Gasteiger partial charge in [0.25, 0.3) is 0 Å². The lowest BCUT2D eigenvalue weighted by Crippen LogP contribution is -2.10. The lowest BCUT2D eigenvalue weighted by molar-refractivity contribution is -0.138. The summed E-state index contributed by atoms with van der Waals surface area (Å²) >= 11 is 0. The van der Waals surface area contributed by atoms with Crippen LogP contribution in [0.5, 0.6) is 0 Å². The highest BCUT2D eigenvalue weighted by Crippen LogP contribution is 1.81. The maximum atomic E-state index is 10.4. The maximum Gasteiger partial charge on any atom is 0.505 e. The zero-order chi connectivity index (χ0) is 9.40. The van der Waals surface area contributed by atoms with E-state index in [2.05, 4.69) is 21.2 Å². The summed E-state index contributed by atoms with van der Waals surface area (Å²) in [5.74, 6) is -0.599. The minimum atomic E-state index is -1.13. The van der Waals surface area contributed by atoms with Crippen LogP contribution in [0.2, 0.25) is 0 Å². The van der Waals surface area contributed by atoms with Crippen molar-refractivity contribution in [3.8, 4) is 0 Å². The van der Waals surface area contributed by atoms with Gasteiger partial charge in [-0.1, -0.05) is 6.58 Å². The molecule has 0 heterocycles. The van der Waals surface area contributed by atoms with Crippen LogP contribution < -0.4 is 0 Å². The molecule has 0 radical (unpaired) electrons. The molecule has 0 aliphatic rings. The Hall–Kier alpha value is -1.52. The van der Waals surface area contributed by atoms with E-state index in [4.69, 9.17) is 1.43 Å². The van der Waals surface area contributed by atoms with Crippen molar-refractivity contribution in [2.75, 3.05) is 13.2 Å². The van der Waals surface area contributed by atoms with E-state index in [0.717, 1.165) is 6.08 Å². The highest BCUT2D eigenvalue weighted by molar-refractivity contribution is 5.81. The molecule has 0 saturated heterocycles. The molecular formula is C6H8O5. The molecule has 62 valence electrons. The zero-order valence-corrected chi connectivity index (χ0v) is 5.74. The third-order valence-corrected chi connectivity index (χ3v) is 0.714. The summed E-state index contributed by atoms with van der Waals surface area (Å²) in [6.07, 6.45) is -0.146. The van der Waals surface area contributed by atoms with Crippen molar-refractivity contribution in [1.29, 1.82) is 1.43 Å². The fourth-order valence-corrected chi connectivity index (χ4v) is 0.326. The van der Waals surface area contributed by atoms with Crippen molar-refractivity contribution in [2.45, 2.75) is 0 Å². The van der Waals surface area contributed by atoms with Crippen LogP contribution in [-0.2, 0) is 14.3 Å². The average molecular weight is 162 g/mol. The summed E-state index contributed by atoms with van der Waals surface area (Å²) in [4.78, 5) is 20.5. The molecule has 0 unspecified atom stereocenters. The number of hydrogen-bond donors (Lipinski definition) is 1. The molecule has 0 fully saturated rings. The SMILES string of the molecule is [3H]OC(=O)OCCOC(=O)C=C. The van der Waals surface area contributed by atoms with Gasteiger partial charge >= 0.3 is 13.6 Å². The first-order valence-electron chi connectivity index (χ1n) is 3.20. The van der Waals surface area contributed by atoms with E-state index in [1.807, 2.05) is 0 Å². The number of esters is 1. The molecule has 11 heavy (non-hydrogen) atoms. The minimum absolute atomic E-state index is 0.0834. The van der Waals surface area contributed by atoms with Crippen molar-refractivity contribution < 1.29 is 24.2 Å². The summed E-state index contributed by atoms with van der Waals surface area (Å²) in [5.41, 5.74) is 0. The first-order chi connectivity index (χ1) is 5.70. The van der Waals surface area contributed by atoms with Gasteiger partial charge in [0.05, 0.1) is 0 Å². The van der Waals surface area contributed by atoms with Gasteiger partial charge in [0.1, 0.15) is 13.2 Å². The standard InChI is InChI=1S/C6H8O5/c1-2-5(7)10-3-4-11-6(8)9/h2H,1,3-4H2,(H,8,9)/i/hT. The molecule has 0 atom stereocenters. The predicted octanol–water partition coefficient (Wildman–Crippen LogP) is 0.410. The van der Waals surface area contributed by atoms with Crippen LogP contribution in [0.3, 0.4) is 0 Å². The van der Waals surface area contributed by atoms with E-state index >= 15 is 0 Å². The van der Waals surface area contributed by atoms with Gasteiger partial charge in [-0.15, -0.1) is 0 Å². The van der Waals surface area contributed by atoms with E-state index in [-0.39, 0.29) is 13.2 Å². The molecular weight excluding hydrogens is 152 g/mol. The number of carbonyl (C=O) groups is 2. The van der Waals surface area contributed by atoms with Gasteiger partial charge in [-0.25, -0.2) is 9.59 Å². The maximum absolute atomic E-state index is 10.4. The molecule has 0 aromatic rings. The fourth-order valence-electron chi connectivity index (χ4n) is 0.326. The third-order valence-electron chi connectivity index (χ3n) is 0.714. The molecule has 5 nitrogen and oxygen atoms in total. The number of hydrogen-bond acceptors (Lipinski definition) is 5. The van der Waals surface area contributed by atoms with Crippen molar-refractivity contribution in [3.63, 3.8) is 0 Å². The van der Waals surface area contributed by atoms with Crippen molar-refractivity contribution in [2.24, 2.45) is 0 Å².